The van der Waals surface area contributed by atoms with E-state index < -0.39 is 17.7 Å². The summed E-state index contributed by atoms with van der Waals surface area (Å²) in [5.41, 5.74) is -0.290. The zero-order valence-electron chi connectivity index (χ0n) is 7.46. The molecule has 1 unspecified atom stereocenters. The van der Waals surface area contributed by atoms with E-state index in [0.29, 0.717) is 0 Å². The number of amidine groups is 1. The largest absolute Gasteiger partial charge is 0.286 e. The molecule has 6 heteroatoms. The van der Waals surface area contributed by atoms with Crippen LogP contribution in [-0.2, 0) is 4.79 Å². The Hall–Kier alpha value is -0.780. The first-order chi connectivity index (χ1) is 6.54. The van der Waals surface area contributed by atoms with Gasteiger partial charge < -0.3 is 0 Å². The predicted octanol–water partition coefficient (Wildman–Crippen LogP) is 1.73. The summed E-state index contributed by atoms with van der Waals surface area (Å²) < 4.78 is 26.4. The monoisotopic (exact) mass is 218 g/mol. The number of nitrogens with zero attached hydrogens (tertiary/aromatic N) is 2. The van der Waals surface area contributed by atoms with E-state index in [1.807, 2.05) is 0 Å². The molecule has 3 nitrogen and oxygen atoms in total. The molecule has 0 aromatic rings. The highest BCUT2D eigenvalue weighted by atomic mass is 32.2. The molecule has 1 atom stereocenters. The molecule has 76 valence electrons. The van der Waals surface area contributed by atoms with Gasteiger partial charge in [0.05, 0.1) is 5.92 Å². The number of hydrogen-bond donors (Lipinski definition) is 0. The van der Waals surface area contributed by atoms with E-state index in [0.717, 1.165) is 11.8 Å². The van der Waals surface area contributed by atoms with Gasteiger partial charge in [-0.3, -0.25) is 4.79 Å². The number of carbonyl (C=O) groups is 1. The van der Waals surface area contributed by atoms with E-state index in [1.165, 1.54) is 0 Å². The van der Waals surface area contributed by atoms with Crippen molar-refractivity contribution in [2.45, 2.75) is 18.8 Å². The van der Waals surface area contributed by atoms with Gasteiger partial charge in [-0.1, -0.05) is 11.8 Å². The van der Waals surface area contributed by atoms with Gasteiger partial charge in [0, 0.05) is 6.42 Å². The molecule has 0 spiro atoms. The van der Waals surface area contributed by atoms with Crippen LogP contribution in [0.4, 0.5) is 8.78 Å². The van der Waals surface area contributed by atoms with Crippen molar-refractivity contribution in [3.63, 3.8) is 0 Å². The molecule has 0 aromatic heterocycles. The third-order valence-electron chi connectivity index (χ3n) is 2.35. The van der Waals surface area contributed by atoms with E-state index in [4.69, 9.17) is 0 Å². The zero-order chi connectivity index (χ0) is 10.3. The molecule has 1 amide bonds. The van der Waals surface area contributed by atoms with Gasteiger partial charge in [0.15, 0.2) is 5.17 Å². The average Bonchev–Trinajstić information content (AvgIpc) is 2.43. The standard InChI is InChI=1S/C8H8F2N2OS/c1-14-7-11-5-4(6(13)12-7)2-3-8(5,9)10/h4H,2-3H2,1H3. The minimum Gasteiger partial charge on any atom is -0.272 e. The molecule has 2 aliphatic rings. The van der Waals surface area contributed by atoms with Crippen LogP contribution in [0.3, 0.4) is 0 Å². The van der Waals surface area contributed by atoms with Gasteiger partial charge >= 0.3 is 0 Å². The first-order valence-corrected chi connectivity index (χ1v) is 5.40. The summed E-state index contributed by atoms with van der Waals surface area (Å²) in [6, 6.07) is 0. The quantitative estimate of drug-likeness (QED) is 0.621. The smallest absolute Gasteiger partial charge is 0.272 e. The summed E-state index contributed by atoms with van der Waals surface area (Å²) in [6.07, 6.45) is 1.53. The number of amides is 1. The van der Waals surface area contributed by atoms with Crippen LogP contribution in [0, 0.1) is 5.92 Å². The first-order valence-electron chi connectivity index (χ1n) is 4.18. The summed E-state index contributed by atoms with van der Waals surface area (Å²) in [7, 11) is 0. The van der Waals surface area contributed by atoms with Gasteiger partial charge in [-0.15, -0.1) is 0 Å². The van der Waals surface area contributed by atoms with Crippen LogP contribution in [-0.4, -0.2) is 29.0 Å². The summed E-state index contributed by atoms with van der Waals surface area (Å²) in [6.45, 7) is 0. The van der Waals surface area contributed by atoms with Crippen LogP contribution in [0.15, 0.2) is 9.98 Å². The van der Waals surface area contributed by atoms with Crippen molar-refractivity contribution >= 4 is 28.5 Å². The van der Waals surface area contributed by atoms with Crippen molar-refractivity contribution < 1.29 is 13.6 Å². The maximum absolute atomic E-state index is 13.2. The van der Waals surface area contributed by atoms with Crippen LogP contribution < -0.4 is 0 Å². The Morgan fingerprint density at radius 1 is 1.50 bits per heavy atom. The number of fused-ring (bicyclic) bond motifs is 1. The second-order valence-electron chi connectivity index (χ2n) is 3.23. The fourth-order valence-electron chi connectivity index (χ4n) is 1.64. The molecular formula is C8H8F2N2OS. The van der Waals surface area contributed by atoms with Crippen molar-refractivity contribution in [2.24, 2.45) is 15.9 Å². The number of hydrogen-bond acceptors (Lipinski definition) is 3. The fraction of sp³-hybridized carbons (Fsp3) is 0.625. The van der Waals surface area contributed by atoms with Gasteiger partial charge in [0.1, 0.15) is 5.71 Å². The lowest BCUT2D eigenvalue weighted by molar-refractivity contribution is -0.119. The summed E-state index contributed by atoms with van der Waals surface area (Å²) in [5.74, 6) is -4.17. The molecular weight excluding hydrogens is 210 g/mol. The molecule has 1 fully saturated rings. The second kappa shape index (κ2) is 3.12. The number of alkyl halides is 2. The van der Waals surface area contributed by atoms with Crippen molar-refractivity contribution in [1.82, 2.24) is 0 Å². The van der Waals surface area contributed by atoms with Gasteiger partial charge in [0.2, 0.25) is 0 Å². The molecule has 0 radical (unpaired) electrons. The Morgan fingerprint density at radius 2 is 2.21 bits per heavy atom. The minimum absolute atomic E-state index is 0.142. The lowest BCUT2D eigenvalue weighted by Gasteiger charge is -2.16. The molecule has 0 N–H and O–H groups in total. The highest BCUT2D eigenvalue weighted by Gasteiger charge is 2.51. The SMILES string of the molecule is CSC1=NC(=O)C2CCC(F)(F)C2=N1. The topological polar surface area (TPSA) is 41.8 Å². The zero-order valence-corrected chi connectivity index (χ0v) is 8.27. The molecule has 0 saturated heterocycles. The van der Waals surface area contributed by atoms with E-state index in [9.17, 15) is 13.6 Å². The number of halogens is 2. The summed E-state index contributed by atoms with van der Waals surface area (Å²) in [5, 5.41) is 0.142. The molecule has 2 rings (SSSR count). The maximum Gasteiger partial charge on any atom is 0.286 e. The Labute approximate surface area is 83.7 Å². The van der Waals surface area contributed by atoms with Crippen LogP contribution in [0.5, 0.6) is 0 Å². The van der Waals surface area contributed by atoms with E-state index in [-0.39, 0.29) is 23.7 Å². The maximum atomic E-state index is 13.2. The van der Waals surface area contributed by atoms with Crippen molar-refractivity contribution in [3.05, 3.63) is 0 Å². The Morgan fingerprint density at radius 3 is 2.86 bits per heavy atom. The number of aliphatic imine (C=N–C) groups is 2. The highest BCUT2D eigenvalue weighted by molar-refractivity contribution is 8.13. The molecule has 1 aliphatic heterocycles. The second-order valence-corrected chi connectivity index (χ2v) is 4.00. The highest BCUT2D eigenvalue weighted by Crippen LogP contribution is 2.39. The Bertz CT molecular complexity index is 351. The normalized spacial score (nSPS) is 29.6. The minimum atomic E-state index is -2.92. The molecule has 14 heavy (non-hydrogen) atoms. The lowest BCUT2D eigenvalue weighted by Crippen LogP contribution is -2.33. The van der Waals surface area contributed by atoms with E-state index in [1.54, 1.807) is 6.26 Å². The average molecular weight is 218 g/mol. The number of rotatable bonds is 0. The first kappa shape index (κ1) is 9.76. The Kier molecular flexibility index (Phi) is 2.17. The van der Waals surface area contributed by atoms with Crippen LogP contribution in [0.25, 0.3) is 0 Å². The Balaban J connectivity index is 2.40. The van der Waals surface area contributed by atoms with Crippen LogP contribution in [0.1, 0.15) is 12.8 Å². The van der Waals surface area contributed by atoms with Crippen LogP contribution in [0.2, 0.25) is 0 Å². The van der Waals surface area contributed by atoms with Crippen molar-refractivity contribution in [2.75, 3.05) is 6.26 Å². The third-order valence-corrected chi connectivity index (χ3v) is 2.90. The van der Waals surface area contributed by atoms with Crippen molar-refractivity contribution in [1.29, 1.82) is 0 Å². The molecule has 1 aliphatic carbocycles. The van der Waals surface area contributed by atoms with E-state index in [2.05, 4.69) is 9.98 Å². The number of thioether (sulfide) groups is 1. The van der Waals surface area contributed by atoms with Gasteiger partial charge in [-0.25, -0.2) is 4.99 Å². The van der Waals surface area contributed by atoms with Crippen molar-refractivity contribution in [3.8, 4) is 0 Å². The van der Waals surface area contributed by atoms with Gasteiger partial charge in [-0.2, -0.15) is 13.8 Å². The van der Waals surface area contributed by atoms with Crippen LogP contribution >= 0.6 is 11.8 Å². The molecule has 0 aromatic carbocycles. The summed E-state index contributed by atoms with van der Waals surface area (Å²) >= 11 is 1.11. The number of carbonyl (C=O) groups excluding carboxylic acids is 1. The van der Waals surface area contributed by atoms with Gasteiger partial charge in [0.25, 0.3) is 11.8 Å². The summed E-state index contributed by atoms with van der Waals surface area (Å²) in [4.78, 5) is 18.7. The van der Waals surface area contributed by atoms with E-state index >= 15 is 0 Å². The fourth-order valence-corrected chi connectivity index (χ4v) is 2.01. The molecule has 0 bridgehead atoms. The van der Waals surface area contributed by atoms with Gasteiger partial charge in [-0.05, 0) is 12.7 Å². The predicted molar refractivity (Wildman–Crippen MR) is 51.1 cm³/mol. The lowest BCUT2D eigenvalue weighted by atomic mass is 10.0. The third kappa shape index (κ3) is 1.37. The molecule has 1 heterocycles. The molecule has 1 saturated carbocycles.